The fourth-order valence-electron chi connectivity index (χ4n) is 1.99. The quantitative estimate of drug-likeness (QED) is 0.750. The van der Waals surface area contributed by atoms with Gasteiger partial charge in [-0.05, 0) is 12.5 Å². The van der Waals surface area contributed by atoms with Gasteiger partial charge in [0, 0.05) is 32.7 Å². The van der Waals surface area contributed by atoms with Crippen LogP contribution in [0.1, 0.15) is 22.8 Å². The van der Waals surface area contributed by atoms with Crippen molar-refractivity contribution in [1.82, 2.24) is 15.5 Å². The molecule has 0 amide bonds. The molecule has 0 aliphatic rings. The van der Waals surface area contributed by atoms with Crippen LogP contribution >= 0.6 is 0 Å². The number of hydrogen-bond acceptors (Lipinski definition) is 6. The van der Waals surface area contributed by atoms with Crippen molar-refractivity contribution in [1.29, 1.82) is 0 Å². The molecule has 0 saturated heterocycles. The molecule has 1 aromatic carbocycles. The summed E-state index contributed by atoms with van der Waals surface area (Å²) < 4.78 is 15.8. The van der Waals surface area contributed by atoms with Gasteiger partial charge in [-0.25, -0.2) is 0 Å². The summed E-state index contributed by atoms with van der Waals surface area (Å²) in [5, 5.41) is 7.15. The summed E-state index contributed by atoms with van der Waals surface area (Å²) in [5.41, 5.74) is 2.19. The number of para-hydroxylation sites is 1. The molecule has 0 unspecified atom stereocenters. The van der Waals surface area contributed by atoms with Crippen LogP contribution in [0.25, 0.3) is 0 Å². The lowest BCUT2D eigenvalue weighted by atomic mass is 10.1. The SMILES string of the molecule is COCCNCc1cccc(C)c1OCc1noc(C)n1. The molecule has 0 fully saturated rings. The number of ether oxygens (including phenoxy) is 2. The van der Waals surface area contributed by atoms with Crippen molar-refractivity contribution in [2.75, 3.05) is 20.3 Å². The van der Waals surface area contributed by atoms with Gasteiger partial charge in [0.1, 0.15) is 5.75 Å². The molecular weight excluding hydrogens is 270 g/mol. The van der Waals surface area contributed by atoms with Crippen molar-refractivity contribution in [3.05, 3.63) is 41.0 Å². The second-order valence-electron chi connectivity index (χ2n) is 4.75. The molecule has 0 saturated carbocycles. The average molecular weight is 291 g/mol. The zero-order chi connectivity index (χ0) is 15.1. The van der Waals surface area contributed by atoms with Gasteiger partial charge in [-0.2, -0.15) is 4.98 Å². The van der Waals surface area contributed by atoms with Gasteiger partial charge in [0.25, 0.3) is 0 Å². The number of nitrogens with one attached hydrogen (secondary N) is 1. The predicted molar refractivity (Wildman–Crippen MR) is 78.1 cm³/mol. The van der Waals surface area contributed by atoms with Gasteiger partial charge < -0.3 is 19.3 Å². The Bertz CT molecular complexity index is 569. The van der Waals surface area contributed by atoms with Crippen molar-refractivity contribution in [2.45, 2.75) is 27.0 Å². The summed E-state index contributed by atoms with van der Waals surface area (Å²) in [4.78, 5) is 4.14. The zero-order valence-corrected chi connectivity index (χ0v) is 12.7. The lowest BCUT2D eigenvalue weighted by Gasteiger charge is -2.13. The van der Waals surface area contributed by atoms with Gasteiger partial charge in [0.2, 0.25) is 11.7 Å². The molecule has 0 aliphatic heterocycles. The maximum atomic E-state index is 5.87. The molecule has 0 spiro atoms. The summed E-state index contributed by atoms with van der Waals surface area (Å²) in [5.74, 6) is 1.96. The third-order valence-corrected chi connectivity index (χ3v) is 3.01. The van der Waals surface area contributed by atoms with Crippen molar-refractivity contribution in [3.8, 4) is 5.75 Å². The second-order valence-corrected chi connectivity index (χ2v) is 4.75. The van der Waals surface area contributed by atoms with E-state index >= 15 is 0 Å². The van der Waals surface area contributed by atoms with Gasteiger partial charge in [0.15, 0.2) is 6.61 Å². The lowest BCUT2D eigenvalue weighted by Crippen LogP contribution is -2.19. The molecule has 2 aromatic rings. The van der Waals surface area contributed by atoms with Crippen LogP contribution in [0.5, 0.6) is 5.75 Å². The van der Waals surface area contributed by atoms with E-state index in [1.807, 2.05) is 25.1 Å². The smallest absolute Gasteiger partial charge is 0.223 e. The monoisotopic (exact) mass is 291 g/mol. The Hall–Kier alpha value is -1.92. The molecule has 0 atom stereocenters. The molecule has 1 heterocycles. The highest BCUT2D eigenvalue weighted by Gasteiger charge is 2.09. The first-order valence-electron chi connectivity index (χ1n) is 6.91. The van der Waals surface area contributed by atoms with Gasteiger partial charge in [-0.3, -0.25) is 0 Å². The number of benzene rings is 1. The molecule has 0 bridgehead atoms. The van der Waals surface area contributed by atoms with E-state index in [1.54, 1.807) is 14.0 Å². The summed E-state index contributed by atoms with van der Waals surface area (Å²) in [7, 11) is 1.69. The minimum absolute atomic E-state index is 0.299. The van der Waals surface area contributed by atoms with Crippen LogP contribution < -0.4 is 10.1 Å². The van der Waals surface area contributed by atoms with Gasteiger partial charge in [-0.1, -0.05) is 23.4 Å². The highest BCUT2D eigenvalue weighted by atomic mass is 16.5. The largest absolute Gasteiger partial charge is 0.485 e. The Morgan fingerprint density at radius 3 is 2.86 bits per heavy atom. The highest BCUT2D eigenvalue weighted by Crippen LogP contribution is 2.24. The Kier molecular flexibility index (Phi) is 5.71. The first-order valence-corrected chi connectivity index (χ1v) is 6.91. The van der Waals surface area contributed by atoms with Crippen LogP contribution in [0, 0.1) is 13.8 Å². The van der Waals surface area contributed by atoms with E-state index in [0.29, 0.717) is 24.9 Å². The maximum Gasteiger partial charge on any atom is 0.223 e. The Morgan fingerprint density at radius 1 is 1.29 bits per heavy atom. The van der Waals surface area contributed by atoms with Crippen molar-refractivity contribution < 1.29 is 14.0 Å². The van der Waals surface area contributed by atoms with E-state index in [9.17, 15) is 0 Å². The standard InChI is InChI=1S/C15H21N3O3/c1-11-5-4-6-13(9-16-7-8-19-3)15(11)20-10-14-17-12(2)21-18-14/h4-6,16H,7-10H2,1-3H3. The highest BCUT2D eigenvalue weighted by molar-refractivity contribution is 5.40. The average Bonchev–Trinajstić information content (AvgIpc) is 2.88. The number of aromatic nitrogens is 2. The van der Waals surface area contributed by atoms with Crippen LogP contribution in [-0.4, -0.2) is 30.4 Å². The summed E-state index contributed by atoms with van der Waals surface area (Å²) in [6.45, 7) is 6.29. The van der Waals surface area contributed by atoms with Crippen LogP contribution in [0.4, 0.5) is 0 Å². The number of nitrogens with zero attached hydrogens (tertiary/aromatic N) is 2. The minimum atomic E-state index is 0.299. The Morgan fingerprint density at radius 2 is 2.14 bits per heavy atom. The molecule has 6 heteroatoms. The third-order valence-electron chi connectivity index (χ3n) is 3.01. The minimum Gasteiger partial charge on any atom is -0.485 e. The molecule has 6 nitrogen and oxygen atoms in total. The first-order chi connectivity index (χ1) is 10.2. The number of aryl methyl sites for hydroxylation is 2. The predicted octanol–water partition coefficient (Wildman–Crippen LogP) is 2.00. The number of methoxy groups -OCH3 is 1. The van der Waals surface area contributed by atoms with Crippen molar-refractivity contribution >= 4 is 0 Å². The van der Waals surface area contributed by atoms with Crippen LogP contribution in [0.3, 0.4) is 0 Å². The second kappa shape index (κ2) is 7.75. The molecule has 1 N–H and O–H groups in total. The van der Waals surface area contributed by atoms with Gasteiger partial charge >= 0.3 is 0 Å². The molecule has 0 radical (unpaired) electrons. The third kappa shape index (κ3) is 4.54. The van der Waals surface area contributed by atoms with Crippen LogP contribution in [0.15, 0.2) is 22.7 Å². The van der Waals surface area contributed by atoms with Crippen LogP contribution in [0.2, 0.25) is 0 Å². The number of rotatable bonds is 8. The van der Waals surface area contributed by atoms with Gasteiger partial charge in [-0.15, -0.1) is 0 Å². The van der Waals surface area contributed by atoms with Crippen molar-refractivity contribution in [3.63, 3.8) is 0 Å². The summed E-state index contributed by atoms with van der Waals surface area (Å²) >= 11 is 0. The van der Waals surface area contributed by atoms with E-state index in [-0.39, 0.29) is 0 Å². The fraction of sp³-hybridized carbons (Fsp3) is 0.467. The van der Waals surface area contributed by atoms with Crippen LogP contribution in [-0.2, 0) is 17.9 Å². The van der Waals surface area contributed by atoms with E-state index in [2.05, 4.69) is 15.5 Å². The Balaban J connectivity index is 1.99. The fourth-order valence-corrected chi connectivity index (χ4v) is 1.99. The molecule has 2 rings (SSSR count). The summed E-state index contributed by atoms with van der Waals surface area (Å²) in [6, 6.07) is 6.09. The summed E-state index contributed by atoms with van der Waals surface area (Å²) in [6.07, 6.45) is 0. The molecular formula is C15H21N3O3. The molecule has 21 heavy (non-hydrogen) atoms. The Labute approximate surface area is 124 Å². The molecule has 114 valence electrons. The lowest BCUT2D eigenvalue weighted by molar-refractivity contribution is 0.199. The number of hydrogen-bond donors (Lipinski definition) is 1. The zero-order valence-electron chi connectivity index (χ0n) is 12.7. The topological polar surface area (TPSA) is 69.4 Å². The maximum absolute atomic E-state index is 5.87. The molecule has 0 aliphatic carbocycles. The first kappa shape index (κ1) is 15.5. The van der Waals surface area contributed by atoms with Gasteiger partial charge in [0.05, 0.1) is 6.61 Å². The van der Waals surface area contributed by atoms with E-state index in [4.69, 9.17) is 14.0 Å². The van der Waals surface area contributed by atoms with E-state index < -0.39 is 0 Å². The normalized spacial score (nSPS) is 10.8. The van der Waals surface area contributed by atoms with E-state index in [0.717, 1.165) is 30.0 Å². The van der Waals surface area contributed by atoms with Crippen molar-refractivity contribution in [2.24, 2.45) is 0 Å². The van der Waals surface area contributed by atoms with E-state index in [1.165, 1.54) is 0 Å². The molecule has 1 aromatic heterocycles.